The van der Waals surface area contributed by atoms with Crippen molar-refractivity contribution in [3.05, 3.63) is 33.1 Å². The molecule has 0 amide bonds. The van der Waals surface area contributed by atoms with E-state index in [1.54, 1.807) is 11.3 Å². The molecule has 1 nitrogen and oxygen atoms in total. The number of aldehydes is 1. The normalized spacial score (nSPS) is 10.7. The van der Waals surface area contributed by atoms with Crippen LogP contribution in [0, 0.1) is 0 Å². The molecule has 2 rings (SSSR count). The first-order valence-corrected chi connectivity index (χ1v) is 6.18. The first-order valence-electron chi connectivity index (χ1n) is 3.97. The molecule has 0 aliphatic carbocycles. The standard InChI is InChI=1S/C10H6BrClOS/c11-9-3-6(5-13)10-7(1-2-14-10)8(9)4-12/h1-3,5H,4H2. The Kier molecular flexibility index (Phi) is 2.91. The number of carbonyl (C=O) groups excluding carboxylic acids is 1. The zero-order valence-corrected chi connectivity index (χ0v) is 10.2. The summed E-state index contributed by atoms with van der Waals surface area (Å²) >= 11 is 10.8. The summed E-state index contributed by atoms with van der Waals surface area (Å²) in [5, 5.41) is 3.04. The molecule has 0 aliphatic rings. The summed E-state index contributed by atoms with van der Waals surface area (Å²) in [6.45, 7) is 0. The van der Waals surface area contributed by atoms with E-state index in [9.17, 15) is 4.79 Å². The number of alkyl halides is 1. The van der Waals surface area contributed by atoms with Crippen LogP contribution in [-0.2, 0) is 5.88 Å². The highest BCUT2D eigenvalue weighted by atomic mass is 79.9. The van der Waals surface area contributed by atoms with Crippen LogP contribution in [0.15, 0.2) is 22.0 Å². The van der Waals surface area contributed by atoms with Gasteiger partial charge in [0.1, 0.15) is 0 Å². The smallest absolute Gasteiger partial charge is 0.151 e. The summed E-state index contributed by atoms with van der Waals surface area (Å²) in [5.74, 6) is 0.451. The third-order valence-corrected chi connectivity index (χ3v) is 4.02. The molecule has 72 valence electrons. The van der Waals surface area contributed by atoms with E-state index in [2.05, 4.69) is 15.9 Å². The van der Waals surface area contributed by atoms with Gasteiger partial charge in [-0.05, 0) is 28.5 Å². The fraction of sp³-hybridized carbons (Fsp3) is 0.100. The van der Waals surface area contributed by atoms with Gasteiger partial charge in [-0.1, -0.05) is 15.9 Å². The molecule has 0 unspecified atom stereocenters. The molecule has 0 aliphatic heterocycles. The minimum atomic E-state index is 0.451. The highest BCUT2D eigenvalue weighted by Crippen LogP contribution is 2.33. The number of fused-ring (bicyclic) bond motifs is 1. The van der Waals surface area contributed by atoms with E-state index >= 15 is 0 Å². The van der Waals surface area contributed by atoms with Crippen LogP contribution in [0.2, 0.25) is 0 Å². The monoisotopic (exact) mass is 288 g/mol. The van der Waals surface area contributed by atoms with Gasteiger partial charge >= 0.3 is 0 Å². The van der Waals surface area contributed by atoms with E-state index in [0.717, 1.165) is 32.0 Å². The van der Waals surface area contributed by atoms with E-state index in [0.29, 0.717) is 5.88 Å². The number of hydrogen-bond acceptors (Lipinski definition) is 2. The summed E-state index contributed by atoms with van der Waals surface area (Å²) in [7, 11) is 0. The van der Waals surface area contributed by atoms with E-state index in [-0.39, 0.29) is 0 Å². The van der Waals surface area contributed by atoms with Crippen molar-refractivity contribution < 1.29 is 4.79 Å². The van der Waals surface area contributed by atoms with Crippen molar-refractivity contribution in [2.45, 2.75) is 5.88 Å². The maximum atomic E-state index is 10.8. The number of carbonyl (C=O) groups is 1. The second kappa shape index (κ2) is 4.01. The molecule has 1 heterocycles. The molecule has 1 aromatic heterocycles. The van der Waals surface area contributed by atoms with Crippen LogP contribution in [0.25, 0.3) is 10.1 Å². The third-order valence-electron chi connectivity index (χ3n) is 2.08. The second-order valence-electron chi connectivity index (χ2n) is 2.84. The van der Waals surface area contributed by atoms with Crippen molar-refractivity contribution in [2.75, 3.05) is 0 Å². The van der Waals surface area contributed by atoms with E-state index < -0.39 is 0 Å². The molecule has 1 aromatic carbocycles. The van der Waals surface area contributed by atoms with Gasteiger partial charge in [0, 0.05) is 20.6 Å². The van der Waals surface area contributed by atoms with Crippen LogP contribution in [0.5, 0.6) is 0 Å². The average Bonchev–Trinajstić information content (AvgIpc) is 2.65. The van der Waals surface area contributed by atoms with Crippen molar-refractivity contribution >= 4 is 55.2 Å². The summed E-state index contributed by atoms with van der Waals surface area (Å²) in [6, 6.07) is 3.82. The zero-order valence-electron chi connectivity index (χ0n) is 7.09. The number of halogens is 2. The number of rotatable bonds is 2. The summed E-state index contributed by atoms with van der Waals surface area (Å²) in [6.07, 6.45) is 0.877. The SMILES string of the molecule is O=Cc1cc(Br)c(CCl)c2ccsc12. The van der Waals surface area contributed by atoms with Crippen molar-refractivity contribution in [1.29, 1.82) is 0 Å². The van der Waals surface area contributed by atoms with Crippen LogP contribution in [0.4, 0.5) is 0 Å². The molecular weight excluding hydrogens is 284 g/mol. The topological polar surface area (TPSA) is 17.1 Å². The molecular formula is C10H6BrClOS. The predicted molar refractivity (Wildman–Crippen MR) is 64.5 cm³/mol. The van der Waals surface area contributed by atoms with Crippen LogP contribution in [0.1, 0.15) is 15.9 Å². The number of hydrogen-bond donors (Lipinski definition) is 0. The maximum absolute atomic E-state index is 10.8. The van der Waals surface area contributed by atoms with Gasteiger partial charge in [-0.15, -0.1) is 22.9 Å². The Hall–Kier alpha value is -0.380. The number of thiophene rings is 1. The zero-order chi connectivity index (χ0) is 10.1. The van der Waals surface area contributed by atoms with Crippen LogP contribution in [-0.4, -0.2) is 6.29 Å². The van der Waals surface area contributed by atoms with Crippen molar-refractivity contribution in [3.63, 3.8) is 0 Å². The van der Waals surface area contributed by atoms with Crippen LogP contribution in [0.3, 0.4) is 0 Å². The predicted octanol–water partition coefficient (Wildman–Crippen LogP) is 4.22. The summed E-state index contributed by atoms with van der Waals surface area (Å²) in [5.41, 5.74) is 1.77. The third kappa shape index (κ3) is 1.49. The maximum Gasteiger partial charge on any atom is 0.151 e. The molecule has 0 radical (unpaired) electrons. The minimum Gasteiger partial charge on any atom is -0.298 e. The Morgan fingerprint density at radius 1 is 1.57 bits per heavy atom. The van der Waals surface area contributed by atoms with Crippen molar-refractivity contribution in [2.24, 2.45) is 0 Å². The lowest BCUT2D eigenvalue weighted by Crippen LogP contribution is -1.87. The van der Waals surface area contributed by atoms with Gasteiger partial charge in [0.25, 0.3) is 0 Å². The lowest BCUT2D eigenvalue weighted by molar-refractivity contribution is 0.112. The Morgan fingerprint density at radius 3 is 3.00 bits per heavy atom. The molecule has 0 saturated heterocycles. The fourth-order valence-corrected chi connectivity index (χ4v) is 3.36. The Labute approximate surface area is 98.8 Å². The van der Waals surface area contributed by atoms with E-state index in [4.69, 9.17) is 11.6 Å². The highest BCUT2D eigenvalue weighted by Gasteiger charge is 2.10. The molecule has 0 spiro atoms. The molecule has 0 atom stereocenters. The van der Waals surface area contributed by atoms with Crippen LogP contribution >= 0.6 is 38.9 Å². The van der Waals surface area contributed by atoms with Crippen molar-refractivity contribution in [1.82, 2.24) is 0 Å². The lowest BCUT2D eigenvalue weighted by atomic mass is 10.1. The fourth-order valence-electron chi connectivity index (χ4n) is 1.41. The molecule has 4 heteroatoms. The van der Waals surface area contributed by atoms with E-state index in [1.807, 2.05) is 17.5 Å². The van der Waals surface area contributed by atoms with Gasteiger partial charge < -0.3 is 0 Å². The molecule has 14 heavy (non-hydrogen) atoms. The molecule has 0 saturated carbocycles. The quantitative estimate of drug-likeness (QED) is 0.598. The second-order valence-corrected chi connectivity index (χ2v) is 4.88. The van der Waals surface area contributed by atoms with Gasteiger partial charge in [-0.2, -0.15) is 0 Å². The number of benzene rings is 1. The minimum absolute atomic E-state index is 0.451. The summed E-state index contributed by atoms with van der Waals surface area (Å²) in [4.78, 5) is 10.8. The lowest BCUT2D eigenvalue weighted by Gasteiger charge is -2.04. The highest BCUT2D eigenvalue weighted by molar-refractivity contribution is 9.10. The van der Waals surface area contributed by atoms with Gasteiger partial charge in [-0.25, -0.2) is 0 Å². The van der Waals surface area contributed by atoms with Crippen molar-refractivity contribution in [3.8, 4) is 0 Å². The van der Waals surface area contributed by atoms with Gasteiger partial charge in [0.15, 0.2) is 6.29 Å². The summed E-state index contributed by atoms with van der Waals surface area (Å²) < 4.78 is 1.92. The Morgan fingerprint density at radius 2 is 2.36 bits per heavy atom. The largest absolute Gasteiger partial charge is 0.298 e. The van der Waals surface area contributed by atoms with Gasteiger partial charge in [-0.3, -0.25) is 4.79 Å². The average molecular weight is 290 g/mol. The molecule has 0 N–H and O–H groups in total. The van der Waals surface area contributed by atoms with Crippen LogP contribution < -0.4 is 0 Å². The Bertz CT molecular complexity index is 492. The molecule has 0 fully saturated rings. The first kappa shape index (κ1) is 10.1. The Balaban J connectivity index is 2.88. The molecule has 2 aromatic rings. The molecule has 0 bridgehead atoms. The van der Waals surface area contributed by atoms with Gasteiger partial charge in [0.2, 0.25) is 0 Å². The van der Waals surface area contributed by atoms with Gasteiger partial charge in [0.05, 0.1) is 0 Å². The first-order chi connectivity index (χ1) is 6.77. The van der Waals surface area contributed by atoms with E-state index in [1.165, 1.54) is 0 Å².